The first-order valence-electron chi connectivity index (χ1n) is 6.91. The summed E-state index contributed by atoms with van der Waals surface area (Å²) in [6.45, 7) is 5.82. The Morgan fingerprint density at radius 1 is 1.42 bits per heavy atom. The van der Waals surface area contributed by atoms with Crippen LogP contribution in [0.2, 0.25) is 0 Å². The molecule has 0 aromatic heterocycles. The number of likely N-dealkylation sites (tertiary alicyclic amines) is 1. The van der Waals surface area contributed by atoms with Crippen molar-refractivity contribution in [3.63, 3.8) is 0 Å². The summed E-state index contributed by atoms with van der Waals surface area (Å²) in [5, 5.41) is 13.1. The van der Waals surface area contributed by atoms with Crippen LogP contribution in [0.3, 0.4) is 0 Å². The summed E-state index contributed by atoms with van der Waals surface area (Å²) < 4.78 is 0. The maximum Gasteiger partial charge on any atom is 0.254 e. The van der Waals surface area contributed by atoms with Crippen molar-refractivity contribution in [3.8, 4) is 5.75 Å². The van der Waals surface area contributed by atoms with Gasteiger partial charge in [0.2, 0.25) is 0 Å². The number of benzene rings is 1. The van der Waals surface area contributed by atoms with Gasteiger partial charge in [-0.05, 0) is 38.3 Å². The second-order valence-corrected chi connectivity index (χ2v) is 5.73. The first kappa shape index (κ1) is 12.5. The number of phenols is 1. The number of carbonyl (C=O) groups excluding carboxylic acids is 1. The molecule has 2 aliphatic heterocycles. The fourth-order valence-corrected chi connectivity index (χ4v) is 3.51. The van der Waals surface area contributed by atoms with Gasteiger partial charge < -0.3 is 15.3 Å². The van der Waals surface area contributed by atoms with Crippen LogP contribution >= 0.6 is 0 Å². The predicted molar refractivity (Wildman–Crippen MR) is 73.2 cm³/mol. The highest BCUT2D eigenvalue weighted by Gasteiger charge is 2.44. The SMILES string of the molecule is Cc1c(O)cccc1C(=O)N1C(C)CC2CNCC21. The summed E-state index contributed by atoms with van der Waals surface area (Å²) in [5.41, 5.74) is 1.30. The molecule has 3 rings (SSSR count). The van der Waals surface area contributed by atoms with E-state index in [2.05, 4.69) is 12.2 Å². The first-order chi connectivity index (χ1) is 9.09. The van der Waals surface area contributed by atoms with E-state index in [0.717, 1.165) is 19.5 Å². The van der Waals surface area contributed by atoms with Gasteiger partial charge in [0, 0.05) is 36.3 Å². The molecule has 0 bridgehead atoms. The molecule has 0 saturated carbocycles. The minimum atomic E-state index is 0.0529. The van der Waals surface area contributed by atoms with E-state index in [1.807, 2.05) is 4.90 Å². The molecule has 1 amide bonds. The zero-order chi connectivity index (χ0) is 13.6. The normalized spacial score (nSPS) is 29.6. The third-order valence-electron chi connectivity index (χ3n) is 4.55. The molecule has 2 saturated heterocycles. The Labute approximate surface area is 113 Å². The van der Waals surface area contributed by atoms with Crippen LogP contribution in [0, 0.1) is 12.8 Å². The highest BCUT2D eigenvalue weighted by Crippen LogP contribution is 2.34. The summed E-state index contributed by atoms with van der Waals surface area (Å²) in [6.07, 6.45) is 1.07. The molecular weight excluding hydrogens is 240 g/mol. The van der Waals surface area contributed by atoms with Crippen molar-refractivity contribution in [1.82, 2.24) is 10.2 Å². The van der Waals surface area contributed by atoms with Crippen LogP contribution in [-0.4, -0.2) is 41.1 Å². The summed E-state index contributed by atoms with van der Waals surface area (Å²) in [7, 11) is 0. The molecule has 2 N–H and O–H groups in total. The number of fused-ring (bicyclic) bond motifs is 1. The highest BCUT2D eigenvalue weighted by molar-refractivity contribution is 5.97. The number of nitrogens with one attached hydrogen (secondary N) is 1. The van der Waals surface area contributed by atoms with E-state index in [9.17, 15) is 9.90 Å². The molecule has 4 heteroatoms. The van der Waals surface area contributed by atoms with Crippen LogP contribution in [0.5, 0.6) is 5.75 Å². The molecule has 1 aromatic rings. The average Bonchev–Trinajstić information content (AvgIpc) is 2.91. The number of phenolic OH excluding ortho intramolecular Hbond substituents is 1. The van der Waals surface area contributed by atoms with Crippen LogP contribution in [-0.2, 0) is 0 Å². The number of aromatic hydroxyl groups is 1. The Bertz CT molecular complexity index is 515. The van der Waals surface area contributed by atoms with E-state index in [4.69, 9.17) is 0 Å². The van der Waals surface area contributed by atoms with Gasteiger partial charge in [0.05, 0.1) is 0 Å². The Kier molecular flexibility index (Phi) is 2.97. The fourth-order valence-electron chi connectivity index (χ4n) is 3.51. The molecule has 3 atom stereocenters. The van der Waals surface area contributed by atoms with Gasteiger partial charge in [0.25, 0.3) is 5.91 Å². The van der Waals surface area contributed by atoms with Crippen molar-refractivity contribution < 1.29 is 9.90 Å². The van der Waals surface area contributed by atoms with Gasteiger partial charge in [-0.15, -0.1) is 0 Å². The van der Waals surface area contributed by atoms with Crippen molar-refractivity contribution in [2.75, 3.05) is 13.1 Å². The van der Waals surface area contributed by atoms with Crippen molar-refractivity contribution in [3.05, 3.63) is 29.3 Å². The number of hydrogen-bond acceptors (Lipinski definition) is 3. The predicted octanol–water partition coefficient (Wildman–Crippen LogP) is 1.52. The van der Waals surface area contributed by atoms with Crippen LogP contribution in [0.25, 0.3) is 0 Å². The number of amides is 1. The largest absolute Gasteiger partial charge is 0.508 e. The molecule has 0 spiro atoms. The Balaban J connectivity index is 1.93. The first-order valence-corrected chi connectivity index (χ1v) is 6.91. The Morgan fingerprint density at radius 2 is 2.21 bits per heavy atom. The van der Waals surface area contributed by atoms with E-state index < -0.39 is 0 Å². The quantitative estimate of drug-likeness (QED) is 0.805. The zero-order valence-electron chi connectivity index (χ0n) is 11.4. The topological polar surface area (TPSA) is 52.6 Å². The monoisotopic (exact) mass is 260 g/mol. The summed E-state index contributed by atoms with van der Waals surface area (Å²) in [6, 6.07) is 5.76. The van der Waals surface area contributed by atoms with Gasteiger partial charge in [-0.3, -0.25) is 4.79 Å². The van der Waals surface area contributed by atoms with Gasteiger partial charge in [0.15, 0.2) is 0 Å². The maximum atomic E-state index is 12.8. The van der Waals surface area contributed by atoms with Gasteiger partial charge >= 0.3 is 0 Å². The molecule has 19 heavy (non-hydrogen) atoms. The minimum absolute atomic E-state index is 0.0529. The maximum absolute atomic E-state index is 12.8. The van der Waals surface area contributed by atoms with E-state index in [1.165, 1.54) is 0 Å². The molecule has 0 aliphatic carbocycles. The lowest BCUT2D eigenvalue weighted by Crippen LogP contribution is -2.43. The second kappa shape index (κ2) is 4.53. The lowest BCUT2D eigenvalue weighted by molar-refractivity contribution is 0.0681. The standard InChI is InChI=1S/C15H20N2O2/c1-9-6-11-7-16-8-13(11)17(9)15(19)12-4-3-5-14(18)10(12)2/h3-5,9,11,13,16,18H,6-8H2,1-2H3. The molecule has 2 heterocycles. The number of carbonyl (C=O) groups is 1. The van der Waals surface area contributed by atoms with Gasteiger partial charge in [-0.25, -0.2) is 0 Å². The molecule has 1 aromatic carbocycles. The second-order valence-electron chi connectivity index (χ2n) is 5.73. The summed E-state index contributed by atoms with van der Waals surface area (Å²) in [5.74, 6) is 0.826. The van der Waals surface area contributed by atoms with Crippen LogP contribution in [0.1, 0.15) is 29.3 Å². The van der Waals surface area contributed by atoms with Crippen LogP contribution < -0.4 is 5.32 Å². The van der Waals surface area contributed by atoms with Crippen LogP contribution in [0.15, 0.2) is 18.2 Å². The lowest BCUT2D eigenvalue weighted by Gasteiger charge is -2.28. The molecule has 2 aliphatic rings. The highest BCUT2D eigenvalue weighted by atomic mass is 16.3. The summed E-state index contributed by atoms with van der Waals surface area (Å²) >= 11 is 0. The number of rotatable bonds is 1. The lowest BCUT2D eigenvalue weighted by atomic mass is 10.0. The van der Waals surface area contributed by atoms with Gasteiger partial charge in [-0.1, -0.05) is 6.07 Å². The molecule has 4 nitrogen and oxygen atoms in total. The van der Waals surface area contributed by atoms with Gasteiger partial charge in [-0.2, -0.15) is 0 Å². The molecule has 102 valence electrons. The Morgan fingerprint density at radius 3 is 3.00 bits per heavy atom. The zero-order valence-corrected chi connectivity index (χ0v) is 11.4. The van der Waals surface area contributed by atoms with Crippen LogP contribution in [0.4, 0.5) is 0 Å². The molecule has 0 radical (unpaired) electrons. The number of hydrogen-bond donors (Lipinski definition) is 2. The van der Waals surface area contributed by atoms with Crippen molar-refractivity contribution in [2.45, 2.75) is 32.4 Å². The molecule has 2 fully saturated rings. The number of nitrogens with zero attached hydrogens (tertiary/aromatic N) is 1. The Hall–Kier alpha value is -1.55. The molecular formula is C15H20N2O2. The van der Waals surface area contributed by atoms with E-state index in [1.54, 1.807) is 25.1 Å². The fraction of sp³-hybridized carbons (Fsp3) is 0.533. The minimum Gasteiger partial charge on any atom is -0.508 e. The third kappa shape index (κ3) is 1.91. The van der Waals surface area contributed by atoms with E-state index >= 15 is 0 Å². The summed E-state index contributed by atoms with van der Waals surface area (Å²) in [4.78, 5) is 14.8. The molecule has 3 unspecified atom stereocenters. The van der Waals surface area contributed by atoms with E-state index in [0.29, 0.717) is 23.1 Å². The van der Waals surface area contributed by atoms with E-state index in [-0.39, 0.29) is 17.7 Å². The van der Waals surface area contributed by atoms with Gasteiger partial charge in [0.1, 0.15) is 5.75 Å². The van der Waals surface area contributed by atoms with Crippen molar-refractivity contribution in [2.24, 2.45) is 5.92 Å². The smallest absolute Gasteiger partial charge is 0.254 e. The van der Waals surface area contributed by atoms with Crippen molar-refractivity contribution >= 4 is 5.91 Å². The third-order valence-corrected chi connectivity index (χ3v) is 4.55. The average molecular weight is 260 g/mol. The van der Waals surface area contributed by atoms with Crippen molar-refractivity contribution in [1.29, 1.82) is 0 Å².